The molecule has 5 heteroatoms. The van der Waals surface area contributed by atoms with Gasteiger partial charge in [-0.15, -0.1) is 0 Å². The molecular formula is C14H21NO4. The third-order valence-electron chi connectivity index (χ3n) is 2.33. The van der Waals surface area contributed by atoms with Gasteiger partial charge in [-0.2, -0.15) is 0 Å². The second-order valence-corrected chi connectivity index (χ2v) is 5.15. The van der Waals surface area contributed by atoms with Crippen molar-refractivity contribution >= 4 is 5.97 Å². The first-order chi connectivity index (χ1) is 8.81. The molecule has 0 radical (unpaired) electrons. The third-order valence-corrected chi connectivity index (χ3v) is 2.33. The fourth-order valence-electron chi connectivity index (χ4n) is 1.43. The number of ether oxygens (including phenoxy) is 2. The number of hydrogen-bond donors (Lipinski definition) is 1. The number of carboxylic acids is 1. The first-order valence-corrected chi connectivity index (χ1v) is 6.33. The number of carboxylic acid groups (broad SMARTS) is 1. The number of hydrogen-bond acceptors (Lipinski definition) is 4. The van der Waals surface area contributed by atoms with Crippen molar-refractivity contribution in [2.45, 2.75) is 39.7 Å². The molecule has 19 heavy (non-hydrogen) atoms. The monoisotopic (exact) mass is 267 g/mol. The molecule has 1 heterocycles. The van der Waals surface area contributed by atoms with Crippen LogP contribution in [-0.2, 0) is 11.2 Å². The van der Waals surface area contributed by atoms with E-state index in [1.54, 1.807) is 6.07 Å². The van der Waals surface area contributed by atoms with Crippen LogP contribution in [-0.4, -0.2) is 34.9 Å². The summed E-state index contributed by atoms with van der Waals surface area (Å²) in [6.07, 6.45) is 0.663. The Kier molecular flexibility index (Phi) is 5.30. The maximum atomic E-state index is 11.0. The molecular weight excluding hydrogens is 246 g/mol. The van der Waals surface area contributed by atoms with E-state index in [9.17, 15) is 4.79 Å². The molecule has 0 spiro atoms. The number of aromatic nitrogens is 1. The summed E-state index contributed by atoms with van der Waals surface area (Å²) < 4.78 is 11.0. The lowest BCUT2D eigenvalue weighted by Gasteiger charge is -2.19. The van der Waals surface area contributed by atoms with E-state index in [0.717, 1.165) is 0 Å². The van der Waals surface area contributed by atoms with Crippen LogP contribution in [0.1, 0.15) is 43.7 Å². The molecule has 0 saturated carbocycles. The van der Waals surface area contributed by atoms with Crippen molar-refractivity contribution in [3.63, 3.8) is 0 Å². The molecule has 106 valence electrons. The summed E-state index contributed by atoms with van der Waals surface area (Å²) in [5.74, 6) is -0.651. The Balaban J connectivity index is 2.62. The molecule has 1 aromatic heterocycles. The average molecular weight is 267 g/mol. The van der Waals surface area contributed by atoms with Gasteiger partial charge in [0.2, 0.25) is 5.88 Å². The molecule has 0 aliphatic rings. The maximum absolute atomic E-state index is 11.0. The Morgan fingerprint density at radius 3 is 2.53 bits per heavy atom. The zero-order valence-corrected chi connectivity index (χ0v) is 11.9. The highest BCUT2D eigenvalue weighted by atomic mass is 16.5. The van der Waals surface area contributed by atoms with Crippen LogP contribution in [0.2, 0.25) is 0 Å². The van der Waals surface area contributed by atoms with Gasteiger partial charge in [0.15, 0.2) is 0 Å². The van der Waals surface area contributed by atoms with Gasteiger partial charge in [-0.25, -0.2) is 9.78 Å². The van der Waals surface area contributed by atoms with Crippen molar-refractivity contribution in [3.05, 3.63) is 23.4 Å². The summed E-state index contributed by atoms with van der Waals surface area (Å²) in [5.41, 5.74) is 0.680. The first kappa shape index (κ1) is 15.4. The molecule has 0 fully saturated rings. The van der Waals surface area contributed by atoms with Gasteiger partial charge in [-0.1, -0.05) is 6.92 Å². The fraction of sp³-hybridized carbons (Fsp3) is 0.571. The topological polar surface area (TPSA) is 68.7 Å². The minimum Gasteiger partial charge on any atom is -0.478 e. The van der Waals surface area contributed by atoms with Crippen molar-refractivity contribution in [1.29, 1.82) is 0 Å². The highest BCUT2D eigenvalue weighted by Crippen LogP contribution is 2.14. The molecule has 0 aliphatic heterocycles. The van der Waals surface area contributed by atoms with Crippen LogP contribution in [0.15, 0.2) is 12.1 Å². The van der Waals surface area contributed by atoms with E-state index in [2.05, 4.69) is 4.98 Å². The molecule has 0 saturated heterocycles. The number of nitrogens with zero attached hydrogens (tertiary/aromatic N) is 1. The summed E-state index contributed by atoms with van der Waals surface area (Å²) in [4.78, 5) is 15.2. The zero-order chi connectivity index (χ0) is 14.5. The summed E-state index contributed by atoms with van der Waals surface area (Å²) in [6.45, 7) is 8.59. The Bertz CT molecular complexity index is 438. The van der Waals surface area contributed by atoms with Crippen LogP contribution in [0.5, 0.6) is 5.88 Å². The molecule has 1 rings (SSSR count). The predicted octanol–water partition coefficient (Wildman–Crippen LogP) is 2.54. The van der Waals surface area contributed by atoms with E-state index in [-0.39, 0.29) is 11.2 Å². The first-order valence-electron chi connectivity index (χ1n) is 6.33. The summed E-state index contributed by atoms with van der Waals surface area (Å²) in [5, 5.41) is 9.00. The Morgan fingerprint density at radius 1 is 1.32 bits per heavy atom. The van der Waals surface area contributed by atoms with Crippen LogP contribution in [0.3, 0.4) is 0 Å². The lowest BCUT2D eigenvalue weighted by Crippen LogP contribution is -2.22. The molecule has 0 aromatic carbocycles. The molecule has 0 aliphatic carbocycles. The lowest BCUT2D eigenvalue weighted by atomic mass is 10.2. The van der Waals surface area contributed by atoms with Crippen molar-refractivity contribution in [2.24, 2.45) is 0 Å². The van der Waals surface area contributed by atoms with Crippen LogP contribution < -0.4 is 4.74 Å². The smallest absolute Gasteiger partial charge is 0.335 e. The van der Waals surface area contributed by atoms with E-state index < -0.39 is 5.97 Å². The quantitative estimate of drug-likeness (QED) is 0.802. The zero-order valence-electron chi connectivity index (χ0n) is 11.9. The Labute approximate surface area is 113 Å². The number of pyridine rings is 1. The van der Waals surface area contributed by atoms with Crippen LogP contribution in [0, 0.1) is 0 Å². The van der Waals surface area contributed by atoms with Gasteiger partial charge in [0.05, 0.1) is 17.8 Å². The average Bonchev–Trinajstić information content (AvgIpc) is 2.33. The minimum absolute atomic E-state index is 0.193. The fourth-order valence-corrected chi connectivity index (χ4v) is 1.43. The number of carbonyl (C=O) groups is 1. The van der Waals surface area contributed by atoms with Gasteiger partial charge in [-0.05, 0) is 33.3 Å². The van der Waals surface area contributed by atoms with Crippen molar-refractivity contribution in [2.75, 3.05) is 13.2 Å². The minimum atomic E-state index is -0.979. The summed E-state index contributed by atoms with van der Waals surface area (Å²) in [6, 6.07) is 2.99. The van der Waals surface area contributed by atoms with Gasteiger partial charge >= 0.3 is 5.97 Å². The van der Waals surface area contributed by atoms with E-state index in [4.69, 9.17) is 14.6 Å². The summed E-state index contributed by atoms with van der Waals surface area (Å²) >= 11 is 0. The third kappa shape index (κ3) is 5.70. The second-order valence-electron chi connectivity index (χ2n) is 5.15. The number of aromatic carboxylic acids is 1. The standard InChI is InChI=1S/C14H21NO4/c1-5-11-8-10(13(16)17)9-12(15-11)18-6-7-19-14(2,3)4/h8-9H,5-7H2,1-4H3,(H,16,17). The highest BCUT2D eigenvalue weighted by Gasteiger charge is 2.11. The van der Waals surface area contributed by atoms with E-state index >= 15 is 0 Å². The van der Waals surface area contributed by atoms with Gasteiger partial charge in [-0.3, -0.25) is 0 Å². The molecule has 0 unspecified atom stereocenters. The SMILES string of the molecule is CCc1cc(C(=O)O)cc(OCCOC(C)(C)C)n1. The van der Waals surface area contributed by atoms with Crippen molar-refractivity contribution in [3.8, 4) is 5.88 Å². The van der Waals surface area contributed by atoms with Gasteiger partial charge in [0, 0.05) is 11.8 Å². The Hall–Kier alpha value is -1.62. The van der Waals surface area contributed by atoms with Crippen molar-refractivity contribution in [1.82, 2.24) is 4.98 Å². The lowest BCUT2D eigenvalue weighted by molar-refractivity contribution is -0.0168. The molecule has 0 amide bonds. The number of aryl methyl sites for hydroxylation is 1. The van der Waals surface area contributed by atoms with E-state index in [1.807, 2.05) is 27.7 Å². The van der Waals surface area contributed by atoms with Crippen LogP contribution >= 0.6 is 0 Å². The molecule has 5 nitrogen and oxygen atoms in total. The van der Waals surface area contributed by atoms with Crippen LogP contribution in [0.25, 0.3) is 0 Å². The highest BCUT2D eigenvalue weighted by molar-refractivity contribution is 5.88. The molecule has 0 atom stereocenters. The Morgan fingerprint density at radius 2 is 2.00 bits per heavy atom. The maximum Gasteiger partial charge on any atom is 0.335 e. The van der Waals surface area contributed by atoms with Gasteiger partial charge < -0.3 is 14.6 Å². The van der Waals surface area contributed by atoms with Crippen molar-refractivity contribution < 1.29 is 19.4 Å². The molecule has 1 aromatic rings. The van der Waals surface area contributed by atoms with E-state index in [1.165, 1.54) is 6.07 Å². The van der Waals surface area contributed by atoms with Crippen LogP contribution in [0.4, 0.5) is 0 Å². The predicted molar refractivity (Wildman–Crippen MR) is 71.8 cm³/mol. The number of rotatable bonds is 6. The van der Waals surface area contributed by atoms with Gasteiger partial charge in [0.25, 0.3) is 0 Å². The second kappa shape index (κ2) is 6.52. The van der Waals surface area contributed by atoms with Gasteiger partial charge in [0.1, 0.15) is 6.61 Å². The van der Waals surface area contributed by atoms with E-state index in [0.29, 0.717) is 31.2 Å². The normalized spacial score (nSPS) is 11.4. The molecule has 1 N–H and O–H groups in total. The largest absolute Gasteiger partial charge is 0.478 e. The molecule has 0 bridgehead atoms. The summed E-state index contributed by atoms with van der Waals surface area (Å²) in [7, 11) is 0.